The maximum atomic E-state index is 12.7. The minimum Gasteiger partial charge on any atom is -0.391 e. The number of aliphatic hydroxyl groups is 1. The highest BCUT2D eigenvalue weighted by Crippen LogP contribution is 2.28. The van der Waals surface area contributed by atoms with Crippen molar-refractivity contribution in [2.45, 2.75) is 19.6 Å². The number of nitrogens with zero attached hydrogens (tertiary/aromatic N) is 2. The monoisotopic (exact) mass is 306 g/mol. The van der Waals surface area contributed by atoms with E-state index in [4.69, 9.17) is 28.3 Å². The number of hydrogen-bond donors (Lipinski definition) is 1. The standard InChI is InChI=1S/C12H10Cl2F2N2O/c13-8-3-1-2-7(4-8)5-18-11(14)9(6-19)10(17-18)12(15)16/h1-4,12,19H,5-6H2. The van der Waals surface area contributed by atoms with Crippen molar-refractivity contribution in [2.24, 2.45) is 0 Å². The summed E-state index contributed by atoms with van der Waals surface area (Å²) >= 11 is 11.8. The zero-order valence-electron chi connectivity index (χ0n) is 9.65. The van der Waals surface area contributed by atoms with Gasteiger partial charge in [0.05, 0.1) is 13.2 Å². The zero-order valence-corrected chi connectivity index (χ0v) is 11.2. The molecule has 3 nitrogen and oxygen atoms in total. The highest BCUT2D eigenvalue weighted by Gasteiger charge is 2.22. The Hall–Kier alpha value is -1.17. The van der Waals surface area contributed by atoms with Crippen molar-refractivity contribution in [1.29, 1.82) is 0 Å². The first-order valence-electron chi connectivity index (χ1n) is 5.41. The topological polar surface area (TPSA) is 38.1 Å². The molecule has 2 aromatic rings. The van der Waals surface area contributed by atoms with Crippen LogP contribution in [0.2, 0.25) is 10.2 Å². The van der Waals surface area contributed by atoms with Gasteiger partial charge in [0.2, 0.25) is 0 Å². The summed E-state index contributed by atoms with van der Waals surface area (Å²) in [6.07, 6.45) is -2.78. The molecule has 1 N–H and O–H groups in total. The van der Waals surface area contributed by atoms with Gasteiger partial charge in [-0.05, 0) is 17.7 Å². The van der Waals surface area contributed by atoms with Crippen LogP contribution in [0.4, 0.5) is 8.78 Å². The van der Waals surface area contributed by atoms with E-state index < -0.39 is 18.7 Å². The van der Waals surface area contributed by atoms with E-state index in [0.29, 0.717) is 5.02 Å². The first-order chi connectivity index (χ1) is 9.02. The normalized spacial score (nSPS) is 11.3. The minimum atomic E-state index is -2.78. The van der Waals surface area contributed by atoms with Crippen molar-refractivity contribution in [1.82, 2.24) is 9.78 Å². The van der Waals surface area contributed by atoms with Crippen LogP contribution in [-0.4, -0.2) is 14.9 Å². The number of alkyl halides is 2. The number of aromatic nitrogens is 2. The van der Waals surface area contributed by atoms with Gasteiger partial charge in [0, 0.05) is 10.6 Å². The number of benzene rings is 1. The maximum Gasteiger partial charge on any atom is 0.282 e. The van der Waals surface area contributed by atoms with E-state index in [-0.39, 0.29) is 17.3 Å². The van der Waals surface area contributed by atoms with Crippen LogP contribution in [0.25, 0.3) is 0 Å². The number of aliphatic hydroxyl groups excluding tert-OH is 1. The molecule has 0 fully saturated rings. The summed E-state index contributed by atoms with van der Waals surface area (Å²) in [5, 5.41) is 13.4. The fourth-order valence-corrected chi connectivity index (χ4v) is 2.20. The summed E-state index contributed by atoms with van der Waals surface area (Å²) in [5.41, 5.74) is 0.246. The Balaban J connectivity index is 2.35. The molecule has 19 heavy (non-hydrogen) atoms. The van der Waals surface area contributed by atoms with Gasteiger partial charge < -0.3 is 5.11 Å². The van der Waals surface area contributed by atoms with Gasteiger partial charge in [0.25, 0.3) is 6.43 Å². The lowest BCUT2D eigenvalue weighted by atomic mass is 10.2. The van der Waals surface area contributed by atoms with Crippen LogP contribution in [0.1, 0.15) is 23.2 Å². The molecule has 1 aromatic carbocycles. The van der Waals surface area contributed by atoms with Gasteiger partial charge in [0.1, 0.15) is 10.8 Å². The van der Waals surface area contributed by atoms with Gasteiger partial charge in [-0.3, -0.25) is 0 Å². The van der Waals surface area contributed by atoms with E-state index in [1.54, 1.807) is 24.3 Å². The summed E-state index contributed by atoms with van der Waals surface area (Å²) in [4.78, 5) is 0. The van der Waals surface area contributed by atoms with Gasteiger partial charge in [0.15, 0.2) is 0 Å². The second-order valence-electron chi connectivity index (χ2n) is 3.90. The van der Waals surface area contributed by atoms with Crippen molar-refractivity contribution < 1.29 is 13.9 Å². The molecule has 0 saturated heterocycles. The van der Waals surface area contributed by atoms with Crippen LogP contribution in [0.3, 0.4) is 0 Å². The molecule has 0 amide bonds. The molecule has 102 valence electrons. The van der Waals surface area contributed by atoms with Crippen LogP contribution in [0.15, 0.2) is 24.3 Å². The number of rotatable bonds is 4. The third-order valence-electron chi connectivity index (χ3n) is 2.60. The molecule has 0 unspecified atom stereocenters. The Bertz CT molecular complexity index is 587. The van der Waals surface area contributed by atoms with Crippen LogP contribution in [0, 0.1) is 0 Å². The average molecular weight is 307 g/mol. The van der Waals surface area contributed by atoms with Crippen molar-refractivity contribution in [3.63, 3.8) is 0 Å². The van der Waals surface area contributed by atoms with Crippen molar-refractivity contribution in [3.8, 4) is 0 Å². The predicted octanol–water partition coefficient (Wildman–Crippen LogP) is 3.67. The molecule has 0 bridgehead atoms. The van der Waals surface area contributed by atoms with Crippen molar-refractivity contribution in [3.05, 3.63) is 51.3 Å². The molecule has 0 radical (unpaired) electrons. The molecular formula is C12H10Cl2F2N2O. The Morgan fingerprint density at radius 1 is 1.32 bits per heavy atom. The molecule has 0 saturated carbocycles. The summed E-state index contributed by atoms with van der Waals surface area (Å²) in [7, 11) is 0. The van der Waals surface area contributed by atoms with E-state index in [1.165, 1.54) is 4.68 Å². The molecule has 0 aliphatic heterocycles. The van der Waals surface area contributed by atoms with Crippen molar-refractivity contribution >= 4 is 23.2 Å². The summed E-state index contributed by atoms with van der Waals surface area (Å²) in [5.74, 6) is 0. The van der Waals surface area contributed by atoms with Crippen LogP contribution in [0.5, 0.6) is 0 Å². The highest BCUT2D eigenvalue weighted by molar-refractivity contribution is 6.30. The second kappa shape index (κ2) is 5.86. The molecule has 0 spiro atoms. The second-order valence-corrected chi connectivity index (χ2v) is 4.70. The average Bonchev–Trinajstić information content (AvgIpc) is 2.66. The first kappa shape index (κ1) is 14.2. The molecule has 1 aromatic heterocycles. The first-order valence-corrected chi connectivity index (χ1v) is 6.17. The molecule has 1 heterocycles. The van der Waals surface area contributed by atoms with Crippen molar-refractivity contribution in [2.75, 3.05) is 0 Å². The van der Waals surface area contributed by atoms with Crippen LogP contribution < -0.4 is 0 Å². The number of halogens is 4. The third-order valence-corrected chi connectivity index (χ3v) is 3.26. The predicted molar refractivity (Wildman–Crippen MR) is 68.7 cm³/mol. The lowest BCUT2D eigenvalue weighted by Crippen LogP contribution is -2.02. The fraction of sp³-hybridized carbons (Fsp3) is 0.250. The quantitative estimate of drug-likeness (QED) is 0.936. The Morgan fingerprint density at radius 2 is 2.05 bits per heavy atom. The van der Waals surface area contributed by atoms with E-state index in [9.17, 15) is 8.78 Å². The Morgan fingerprint density at radius 3 is 2.58 bits per heavy atom. The van der Waals surface area contributed by atoms with E-state index in [1.807, 2.05) is 0 Å². The zero-order chi connectivity index (χ0) is 14.0. The third kappa shape index (κ3) is 3.05. The lowest BCUT2D eigenvalue weighted by molar-refractivity contribution is 0.141. The molecule has 0 aliphatic rings. The van der Waals surface area contributed by atoms with E-state index in [0.717, 1.165) is 5.56 Å². The summed E-state index contributed by atoms with van der Waals surface area (Å²) in [6.45, 7) is -0.368. The summed E-state index contributed by atoms with van der Waals surface area (Å²) < 4.78 is 26.7. The Labute approximate surface area is 118 Å². The smallest absolute Gasteiger partial charge is 0.282 e. The fourth-order valence-electron chi connectivity index (χ4n) is 1.73. The lowest BCUT2D eigenvalue weighted by Gasteiger charge is -2.04. The van der Waals surface area contributed by atoms with Gasteiger partial charge >= 0.3 is 0 Å². The molecular weight excluding hydrogens is 297 g/mol. The molecule has 0 aliphatic carbocycles. The van der Waals surface area contributed by atoms with Gasteiger partial charge in [-0.1, -0.05) is 35.3 Å². The van der Waals surface area contributed by atoms with Gasteiger partial charge in [-0.25, -0.2) is 13.5 Å². The highest BCUT2D eigenvalue weighted by atomic mass is 35.5. The molecule has 2 rings (SSSR count). The van der Waals surface area contributed by atoms with Crippen LogP contribution >= 0.6 is 23.2 Å². The largest absolute Gasteiger partial charge is 0.391 e. The van der Waals surface area contributed by atoms with E-state index in [2.05, 4.69) is 5.10 Å². The van der Waals surface area contributed by atoms with Gasteiger partial charge in [-0.2, -0.15) is 5.10 Å². The molecule has 0 atom stereocenters. The minimum absolute atomic E-state index is 0.0118. The van der Waals surface area contributed by atoms with E-state index >= 15 is 0 Å². The SMILES string of the molecule is OCc1c(C(F)F)nn(Cc2cccc(Cl)c2)c1Cl. The van der Waals surface area contributed by atoms with Crippen LogP contribution in [-0.2, 0) is 13.2 Å². The summed E-state index contributed by atoms with van der Waals surface area (Å²) in [6, 6.07) is 6.93. The molecule has 7 heteroatoms. The number of hydrogen-bond acceptors (Lipinski definition) is 2. The Kier molecular flexibility index (Phi) is 4.39. The maximum absolute atomic E-state index is 12.7. The van der Waals surface area contributed by atoms with Gasteiger partial charge in [-0.15, -0.1) is 0 Å².